The van der Waals surface area contributed by atoms with Crippen molar-refractivity contribution in [2.24, 2.45) is 5.92 Å². The van der Waals surface area contributed by atoms with Gasteiger partial charge < -0.3 is 5.11 Å². The molecular formula is C14H17N3O3S. The van der Waals surface area contributed by atoms with Gasteiger partial charge in [0.15, 0.2) is 0 Å². The Balaban J connectivity index is 3.14. The highest BCUT2D eigenvalue weighted by Crippen LogP contribution is 2.17. The van der Waals surface area contributed by atoms with Gasteiger partial charge in [0.1, 0.15) is 11.5 Å². The van der Waals surface area contributed by atoms with Crippen LogP contribution in [0.15, 0.2) is 23.4 Å². The van der Waals surface area contributed by atoms with E-state index in [2.05, 4.69) is 16.8 Å². The topological polar surface area (TPSA) is 94.3 Å². The van der Waals surface area contributed by atoms with Crippen molar-refractivity contribution in [3.63, 3.8) is 0 Å². The SMILES string of the molecule is CCN(CC(C)C#N)S(=O)(=O)c1cncc(C#CCO)c1. The molecule has 0 bridgehead atoms. The Kier molecular flexibility index (Phi) is 6.32. The zero-order chi connectivity index (χ0) is 15.9. The Morgan fingerprint density at radius 1 is 1.48 bits per heavy atom. The minimum atomic E-state index is -3.71. The first-order chi connectivity index (χ1) is 9.95. The van der Waals surface area contributed by atoms with E-state index >= 15 is 0 Å². The van der Waals surface area contributed by atoms with Crippen LogP contribution in [0.4, 0.5) is 0 Å². The van der Waals surface area contributed by atoms with Gasteiger partial charge in [0.05, 0.1) is 12.0 Å². The third kappa shape index (κ3) is 4.54. The summed E-state index contributed by atoms with van der Waals surface area (Å²) in [6.07, 6.45) is 2.68. The molecule has 0 aliphatic heterocycles. The molecule has 7 heteroatoms. The third-order valence-electron chi connectivity index (χ3n) is 2.71. The van der Waals surface area contributed by atoms with Crippen molar-refractivity contribution in [3.8, 4) is 17.9 Å². The summed E-state index contributed by atoms with van der Waals surface area (Å²) in [6, 6.07) is 3.43. The maximum atomic E-state index is 12.5. The van der Waals surface area contributed by atoms with Crippen LogP contribution in [-0.4, -0.2) is 42.5 Å². The molecule has 1 rings (SSSR count). The molecule has 0 saturated carbocycles. The van der Waals surface area contributed by atoms with Crippen LogP contribution in [0.2, 0.25) is 0 Å². The van der Waals surface area contributed by atoms with Crippen molar-refractivity contribution in [1.29, 1.82) is 5.26 Å². The first kappa shape index (κ1) is 17.1. The average Bonchev–Trinajstić information content (AvgIpc) is 2.50. The van der Waals surface area contributed by atoms with Crippen LogP contribution in [0.25, 0.3) is 0 Å². The predicted molar refractivity (Wildman–Crippen MR) is 77.4 cm³/mol. The van der Waals surface area contributed by atoms with Gasteiger partial charge in [-0.25, -0.2) is 8.42 Å². The summed E-state index contributed by atoms with van der Waals surface area (Å²) in [5, 5.41) is 17.5. The fraction of sp³-hybridized carbons (Fsp3) is 0.429. The molecule has 0 amide bonds. The molecule has 0 aromatic carbocycles. The van der Waals surface area contributed by atoms with Crippen LogP contribution >= 0.6 is 0 Å². The Morgan fingerprint density at radius 3 is 2.76 bits per heavy atom. The summed E-state index contributed by atoms with van der Waals surface area (Å²) < 4.78 is 26.3. The van der Waals surface area contributed by atoms with Gasteiger partial charge in [0, 0.05) is 31.0 Å². The van der Waals surface area contributed by atoms with E-state index in [0.29, 0.717) is 5.56 Å². The Labute approximate surface area is 125 Å². The van der Waals surface area contributed by atoms with E-state index in [1.54, 1.807) is 13.8 Å². The quantitative estimate of drug-likeness (QED) is 0.804. The Morgan fingerprint density at radius 2 is 2.19 bits per heavy atom. The van der Waals surface area contributed by atoms with E-state index in [4.69, 9.17) is 10.4 Å². The number of hydrogen-bond acceptors (Lipinski definition) is 5. The Hall–Kier alpha value is -1.93. The number of sulfonamides is 1. The molecule has 1 aromatic rings. The molecule has 1 atom stereocenters. The lowest BCUT2D eigenvalue weighted by atomic mass is 10.2. The van der Waals surface area contributed by atoms with Gasteiger partial charge in [-0.1, -0.05) is 18.8 Å². The lowest BCUT2D eigenvalue weighted by molar-refractivity contribution is 0.350. The van der Waals surface area contributed by atoms with Crippen molar-refractivity contribution in [2.75, 3.05) is 19.7 Å². The van der Waals surface area contributed by atoms with Gasteiger partial charge in [-0.3, -0.25) is 4.98 Å². The van der Waals surface area contributed by atoms with Gasteiger partial charge in [-0.15, -0.1) is 0 Å². The highest BCUT2D eigenvalue weighted by Gasteiger charge is 2.25. The number of nitriles is 1. The van der Waals surface area contributed by atoms with E-state index in [0.717, 1.165) is 0 Å². The zero-order valence-electron chi connectivity index (χ0n) is 11.9. The van der Waals surface area contributed by atoms with E-state index in [1.165, 1.54) is 22.8 Å². The number of hydrogen-bond donors (Lipinski definition) is 1. The summed E-state index contributed by atoms with van der Waals surface area (Å²) in [6.45, 7) is 3.46. The summed E-state index contributed by atoms with van der Waals surface area (Å²) in [7, 11) is -3.71. The number of aliphatic hydroxyl groups excluding tert-OH is 1. The van der Waals surface area contributed by atoms with Crippen molar-refractivity contribution in [2.45, 2.75) is 18.7 Å². The molecule has 1 aromatic heterocycles. The molecule has 0 aliphatic carbocycles. The standard InChI is InChI=1S/C14H17N3O3S/c1-3-17(11-12(2)8-15)21(19,20)14-7-13(5-4-6-18)9-16-10-14/h7,9-10,12,18H,3,6,11H2,1-2H3. The van der Waals surface area contributed by atoms with Gasteiger partial charge in [0.2, 0.25) is 10.0 Å². The van der Waals surface area contributed by atoms with Gasteiger partial charge in [0.25, 0.3) is 0 Å². The molecule has 0 spiro atoms. The minimum absolute atomic E-state index is 0.0271. The van der Waals surface area contributed by atoms with Crippen molar-refractivity contribution >= 4 is 10.0 Å². The van der Waals surface area contributed by atoms with E-state index < -0.39 is 15.9 Å². The number of aliphatic hydroxyl groups is 1. The maximum Gasteiger partial charge on any atom is 0.244 e. The monoisotopic (exact) mass is 307 g/mol. The fourth-order valence-corrected chi connectivity index (χ4v) is 3.19. The summed E-state index contributed by atoms with van der Waals surface area (Å²) in [4.78, 5) is 3.89. The van der Waals surface area contributed by atoms with Crippen LogP contribution in [-0.2, 0) is 10.0 Å². The highest BCUT2D eigenvalue weighted by molar-refractivity contribution is 7.89. The number of aromatic nitrogens is 1. The molecule has 1 unspecified atom stereocenters. The molecule has 0 aliphatic rings. The largest absolute Gasteiger partial charge is 0.384 e. The first-order valence-electron chi connectivity index (χ1n) is 6.40. The molecule has 0 saturated heterocycles. The van der Waals surface area contributed by atoms with E-state index in [-0.39, 0.29) is 24.6 Å². The molecule has 1 heterocycles. The summed E-state index contributed by atoms with van der Waals surface area (Å²) in [5.74, 6) is 4.66. The number of rotatable bonds is 5. The van der Waals surface area contributed by atoms with Crippen molar-refractivity contribution < 1.29 is 13.5 Å². The predicted octanol–water partition coefficient (Wildman–Crippen LogP) is 0.596. The molecular weight excluding hydrogens is 290 g/mol. The lowest BCUT2D eigenvalue weighted by Gasteiger charge is -2.21. The van der Waals surface area contributed by atoms with Crippen LogP contribution in [0.3, 0.4) is 0 Å². The molecule has 112 valence electrons. The van der Waals surface area contributed by atoms with Crippen molar-refractivity contribution in [1.82, 2.24) is 9.29 Å². The van der Waals surface area contributed by atoms with Crippen LogP contribution in [0.1, 0.15) is 19.4 Å². The Bertz CT molecular complexity index is 683. The van der Waals surface area contributed by atoms with Crippen molar-refractivity contribution in [3.05, 3.63) is 24.0 Å². The van der Waals surface area contributed by atoms with Crippen LogP contribution < -0.4 is 0 Å². The third-order valence-corrected chi connectivity index (χ3v) is 4.62. The van der Waals surface area contributed by atoms with Crippen LogP contribution in [0.5, 0.6) is 0 Å². The second kappa shape index (κ2) is 7.75. The second-order valence-electron chi connectivity index (χ2n) is 4.36. The fourth-order valence-electron chi connectivity index (χ4n) is 1.66. The highest BCUT2D eigenvalue weighted by atomic mass is 32.2. The number of nitrogens with zero attached hydrogens (tertiary/aromatic N) is 3. The van der Waals surface area contributed by atoms with E-state index in [9.17, 15) is 8.42 Å². The van der Waals surface area contributed by atoms with Gasteiger partial charge >= 0.3 is 0 Å². The lowest BCUT2D eigenvalue weighted by Crippen LogP contribution is -2.34. The molecule has 6 nitrogen and oxygen atoms in total. The van der Waals surface area contributed by atoms with Crippen LogP contribution in [0, 0.1) is 29.1 Å². The summed E-state index contributed by atoms with van der Waals surface area (Å²) >= 11 is 0. The number of pyridine rings is 1. The van der Waals surface area contributed by atoms with Gasteiger partial charge in [-0.05, 0) is 13.0 Å². The zero-order valence-corrected chi connectivity index (χ0v) is 12.8. The molecule has 21 heavy (non-hydrogen) atoms. The van der Waals surface area contributed by atoms with E-state index in [1.807, 2.05) is 6.07 Å². The minimum Gasteiger partial charge on any atom is -0.384 e. The second-order valence-corrected chi connectivity index (χ2v) is 6.29. The average molecular weight is 307 g/mol. The maximum absolute atomic E-state index is 12.5. The summed E-state index contributed by atoms with van der Waals surface area (Å²) in [5.41, 5.74) is 0.412. The normalized spacial score (nSPS) is 12.3. The molecule has 0 fully saturated rings. The molecule has 0 radical (unpaired) electrons. The smallest absolute Gasteiger partial charge is 0.244 e. The first-order valence-corrected chi connectivity index (χ1v) is 7.84. The van der Waals surface area contributed by atoms with Gasteiger partial charge in [-0.2, -0.15) is 9.57 Å². The molecule has 1 N–H and O–H groups in total.